The lowest BCUT2D eigenvalue weighted by Crippen LogP contribution is -1.99. The number of ether oxygens (including phenoxy) is 1. The third kappa shape index (κ3) is 4.06. The third-order valence-electron chi connectivity index (χ3n) is 2.78. The fraction of sp³-hybridized carbons (Fsp3) is 0.125. The molecular formula is C16H14N2O3. The number of hydrogen-bond donors (Lipinski definition) is 1. The van der Waals surface area contributed by atoms with E-state index < -0.39 is 4.92 Å². The lowest BCUT2D eigenvalue weighted by Gasteiger charge is -2.07. The van der Waals surface area contributed by atoms with Crippen molar-refractivity contribution in [1.82, 2.24) is 0 Å². The molecule has 2 aromatic carbocycles. The Bertz CT molecular complexity index is 685. The standard InChI is InChI=1S/C16H14N2O3/c17-11-3-6-13-4-1-2-5-14(13)12-21-16-9-7-15(8-10-16)18(19)20/h1-2,4-5,7-10H,11-12,17H2. The van der Waals surface area contributed by atoms with Crippen LogP contribution in [0.2, 0.25) is 0 Å². The molecule has 0 aliphatic carbocycles. The number of hydrogen-bond acceptors (Lipinski definition) is 4. The van der Waals surface area contributed by atoms with Crippen molar-refractivity contribution < 1.29 is 9.66 Å². The molecule has 2 N–H and O–H groups in total. The van der Waals surface area contributed by atoms with E-state index in [4.69, 9.17) is 10.5 Å². The average Bonchev–Trinajstić information content (AvgIpc) is 2.52. The summed E-state index contributed by atoms with van der Waals surface area (Å²) in [6.45, 7) is 0.644. The van der Waals surface area contributed by atoms with E-state index in [0.29, 0.717) is 18.9 Å². The highest BCUT2D eigenvalue weighted by molar-refractivity contribution is 5.42. The maximum absolute atomic E-state index is 10.6. The van der Waals surface area contributed by atoms with Gasteiger partial charge >= 0.3 is 0 Å². The van der Waals surface area contributed by atoms with Crippen LogP contribution in [-0.4, -0.2) is 11.5 Å². The maximum Gasteiger partial charge on any atom is 0.269 e. The van der Waals surface area contributed by atoms with E-state index in [1.165, 1.54) is 12.1 Å². The number of rotatable bonds is 4. The molecule has 0 saturated heterocycles. The van der Waals surface area contributed by atoms with Gasteiger partial charge in [-0.1, -0.05) is 30.0 Å². The monoisotopic (exact) mass is 282 g/mol. The fourth-order valence-electron chi connectivity index (χ4n) is 1.74. The number of nitrogens with two attached hydrogens (primary N) is 1. The highest BCUT2D eigenvalue weighted by Crippen LogP contribution is 2.19. The summed E-state index contributed by atoms with van der Waals surface area (Å²) in [4.78, 5) is 10.1. The Morgan fingerprint density at radius 2 is 1.86 bits per heavy atom. The fourth-order valence-corrected chi connectivity index (χ4v) is 1.74. The first-order valence-corrected chi connectivity index (χ1v) is 6.35. The first-order chi connectivity index (χ1) is 10.2. The highest BCUT2D eigenvalue weighted by atomic mass is 16.6. The van der Waals surface area contributed by atoms with Crippen molar-refractivity contribution in [1.29, 1.82) is 0 Å². The van der Waals surface area contributed by atoms with Crippen LogP contribution in [0, 0.1) is 22.0 Å². The normalized spacial score (nSPS) is 9.57. The van der Waals surface area contributed by atoms with Gasteiger partial charge in [0.2, 0.25) is 0 Å². The predicted molar refractivity (Wildman–Crippen MR) is 79.8 cm³/mol. The van der Waals surface area contributed by atoms with Crippen LogP contribution in [0.5, 0.6) is 5.75 Å². The summed E-state index contributed by atoms with van der Waals surface area (Å²) in [6, 6.07) is 13.6. The minimum Gasteiger partial charge on any atom is -0.489 e. The zero-order valence-corrected chi connectivity index (χ0v) is 11.3. The van der Waals surface area contributed by atoms with Crippen LogP contribution in [0.4, 0.5) is 5.69 Å². The Balaban J connectivity index is 2.07. The van der Waals surface area contributed by atoms with Gasteiger partial charge in [-0.2, -0.15) is 0 Å². The Kier molecular flexibility index (Phi) is 4.91. The van der Waals surface area contributed by atoms with Crippen LogP contribution in [0.25, 0.3) is 0 Å². The Morgan fingerprint density at radius 3 is 2.52 bits per heavy atom. The molecule has 2 rings (SSSR count). The summed E-state index contributed by atoms with van der Waals surface area (Å²) in [7, 11) is 0. The first kappa shape index (κ1) is 14.6. The lowest BCUT2D eigenvalue weighted by molar-refractivity contribution is -0.384. The van der Waals surface area contributed by atoms with E-state index in [0.717, 1.165) is 11.1 Å². The van der Waals surface area contributed by atoms with Crippen molar-refractivity contribution in [3.8, 4) is 17.6 Å². The summed E-state index contributed by atoms with van der Waals surface area (Å²) in [6.07, 6.45) is 0. The molecule has 106 valence electrons. The topological polar surface area (TPSA) is 78.4 Å². The number of non-ortho nitro benzene ring substituents is 1. The quantitative estimate of drug-likeness (QED) is 0.531. The van der Waals surface area contributed by atoms with E-state index in [9.17, 15) is 10.1 Å². The molecular weight excluding hydrogens is 268 g/mol. The van der Waals surface area contributed by atoms with Crippen LogP contribution in [-0.2, 0) is 6.61 Å². The molecule has 5 heteroatoms. The second kappa shape index (κ2) is 7.08. The van der Waals surface area contributed by atoms with Crippen LogP contribution in [0.3, 0.4) is 0 Å². The first-order valence-electron chi connectivity index (χ1n) is 6.35. The van der Waals surface area contributed by atoms with Gasteiger partial charge in [-0.25, -0.2) is 0 Å². The Hall–Kier alpha value is -2.84. The minimum atomic E-state index is -0.443. The zero-order valence-electron chi connectivity index (χ0n) is 11.3. The van der Waals surface area contributed by atoms with E-state index >= 15 is 0 Å². The summed E-state index contributed by atoms with van der Waals surface area (Å²) in [5, 5.41) is 10.6. The van der Waals surface area contributed by atoms with E-state index in [2.05, 4.69) is 11.8 Å². The van der Waals surface area contributed by atoms with Gasteiger partial charge in [-0.15, -0.1) is 0 Å². The molecule has 0 fully saturated rings. The number of benzene rings is 2. The molecule has 0 amide bonds. The summed E-state index contributed by atoms with van der Waals surface area (Å²) < 4.78 is 5.63. The van der Waals surface area contributed by atoms with Crippen LogP contribution < -0.4 is 10.5 Å². The molecule has 0 aromatic heterocycles. The number of nitro groups is 1. The van der Waals surface area contributed by atoms with Gasteiger partial charge in [0, 0.05) is 23.3 Å². The smallest absolute Gasteiger partial charge is 0.269 e. The van der Waals surface area contributed by atoms with E-state index in [1.54, 1.807) is 12.1 Å². The highest BCUT2D eigenvalue weighted by Gasteiger charge is 2.05. The van der Waals surface area contributed by atoms with Crippen molar-refractivity contribution in [3.05, 3.63) is 69.8 Å². The van der Waals surface area contributed by atoms with Crippen molar-refractivity contribution in [2.75, 3.05) is 6.54 Å². The van der Waals surface area contributed by atoms with Gasteiger partial charge in [0.05, 0.1) is 11.5 Å². The molecule has 0 saturated carbocycles. The molecule has 0 aliphatic heterocycles. The molecule has 0 radical (unpaired) electrons. The van der Waals surface area contributed by atoms with Crippen LogP contribution in [0.1, 0.15) is 11.1 Å². The molecule has 0 unspecified atom stereocenters. The number of nitro benzene ring substituents is 1. The summed E-state index contributed by atoms with van der Waals surface area (Å²) in [5.41, 5.74) is 7.22. The SMILES string of the molecule is NCC#Cc1ccccc1COc1ccc([N+](=O)[O-])cc1. The van der Waals surface area contributed by atoms with Gasteiger partial charge in [-0.3, -0.25) is 10.1 Å². The molecule has 0 atom stereocenters. The van der Waals surface area contributed by atoms with Gasteiger partial charge < -0.3 is 10.5 Å². The lowest BCUT2D eigenvalue weighted by atomic mass is 10.1. The van der Waals surface area contributed by atoms with Gasteiger partial charge in [0.25, 0.3) is 5.69 Å². The Labute approximate surface area is 122 Å². The molecule has 0 bridgehead atoms. The molecule has 2 aromatic rings. The van der Waals surface area contributed by atoms with Crippen molar-refractivity contribution >= 4 is 5.69 Å². The molecule has 0 heterocycles. The third-order valence-corrected chi connectivity index (χ3v) is 2.78. The van der Waals surface area contributed by atoms with E-state index in [1.807, 2.05) is 24.3 Å². The molecule has 0 spiro atoms. The van der Waals surface area contributed by atoms with Crippen LogP contribution >= 0.6 is 0 Å². The largest absolute Gasteiger partial charge is 0.489 e. The van der Waals surface area contributed by atoms with Gasteiger partial charge in [0.15, 0.2) is 0 Å². The molecule has 21 heavy (non-hydrogen) atoms. The van der Waals surface area contributed by atoms with Crippen molar-refractivity contribution in [2.45, 2.75) is 6.61 Å². The Morgan fingerprint density at radius 1 is 1.14 bits per heavy atom. The van der Waals surface area contributed by atoms with Crippen molar-refractivity contribution in [3.63, 3.8) is 0 Å². The van der Waals surface area contributed by atoms with Gasteiger partial charge in [-0.05, 0) is 18.2 Å². The van der Waals surface area contributed by atoms with Crippen LogP contribution in [0.15, 0.2) is 48.5 Å². The van der Waals surface area contributed by atoms with E-state index in [-0.39, 0.29) is 5.69 Å². The number of nitrogens with zero attached hydrogens (tertiary/aromatic N) is 1. The molecule has 5 nitrogen and oxygen atoms in total. The minimum absolute atomic E-state index is 0.0385. The summed E-state index contributed by atoms with van der Waals surface area (Å²) in [5.74, 6) is 6.37. The second-order valence-corrected chi connectivity index (χ2v) is 4.20. The molecule has 0 aliphatic rings. The zero-order chi connectivity index (χ0) is 15.1. The van der Waals surface area contributed by atoms with Crippen molar-refractivity contribution in [2.24, 2.45) is 5.73 Å². The predicted octanol–water partition coefficient (Wildman–Crippen LogP) is 2.48. The average molecular weight is 282 g/mol. The van der Waals surface area contributed by atoms with Gasteiger partial charge in [0.1, 0.15) is 12.4 Å². The maximum atomic E-state index is 10.6. The second-order valence-electron chi connectivity index (χ2n) is 4.20. The summed E-state index contributed by atoms with van der Waals surface area (Å²) >= 11 is 0.